The monoisotopic (exact) mass is 247 g/mol. The van der Waals surface area contributed by atoms with Gasteiger partial charge in [0.15, 0.2) is 0 Å². The predicted molar refractivity (Wildman–Crippen MR) is 75.7 cm³/mol. The van der Waals surface area contributed by atoms with Crippen LogP contribution in [-0.4, -0.2) is 6.61 Å². The molecule has 0 radical (unpaired) electrons. The molecule has 0 aliphatic heterocycles. The first-order chi connectivity index (χ1) is 8.68. The Bertz CT molecular complexity index is 390. The standard InChI is InChI=1S/C16H25NO/c1-3-13-7-6-10-16(17,12-13)14-8-5-9-15(11-14)18-4-2/h5,8-9,11,13H,3-4,6-7,10,12,17H2,1-2H3. The summed E-state index contributed by atoms with van der Waals surface area (Å²) in [6.45, 7) is 4.99. The van der Waals surface area contributed by atoms with Crippen molar-refractivity contribution in [1.29, 1.82) is 0 Å². The molecule has 2 unspecified atom stereocenters. The fraction of sp³-hybridized carbons (Fsp3) is 0.625. The molecule has 1 saturated carbocycles. The van der Waals surface area contributed by atoms with Gasteiger partial charge in [-0.1, -0.05) is 38.3 Å². The van der Waals surface area contributed by atoms with E-state index in [1.807, 2.05) is 13.0 Å². The molecule has 2 atom stereocenters. The Hall–Kier alpha value is -1.02. The van der Waals surface area contributed by atoms with Gasteiger partial charge in [-0.25, -0.2) is 0 Å². The van der Waals surface area contributed by atoms with Gasteiger partial charge in [-0.05, 0) is 43.4 Å². The third kappa shape index (κ3) is 2.86. The predicted octanol–water partition coefficient (Wildman–Crippen LogP) is 3.84. The maximum Gasteiger partial charge on any atom is 0.119 e. The lowest BCUT2D eigenvalue weighted by atomic mass is 9.72. The average Bonchev–Trinajstić information content (AvgIpc) is 2.39. The second-order valence-electron chi connectivity index (χ2n) is 5.49. The van der Waals surface area contributed by atoms with Crippen molar-refractivity contribution in [3.8, 4) is 5.75 Å². The van der Waals surface area contributed by atoms with Gasteiger partial charge < -0.3 is 10.5 Å². The normalized spacial score (nSPS) is 28.1. The first-order valence-electron chi connectivity index (χ1n) is 7.20. The van der Waals surface area contributed by atoms with Crippen LogP contribution in [0, 0.1) is 5.92 Å². The summed E-state index contributed by atoms with van der Waals surface area (Å²) in [5.74, 6) is 1.72. The minimum absolute atomic E-state index is 0.147. The Morgan fingerprint density at radius 3 is 2.94 bits per heavy atom. The second kappa shape index (κ2) is 5.75. The van der Waals surface area contributed by atoms with E-state index < -0.39 is 0 Å². The van der Waals surface area contributed by atoms with E-state index in [9.17, 15) is 0 Å². The molecule has 0 heterocycles. The number of hydrogen-bond donors (Lipinski definition) is 1. The quantitative estimate of drug-likeness (QED) is 0.877. The van der Waals surface area contributed by atoms with Crippen LogP contribution in [0.25, 0.3) is 0 Å². The van der Waals surface area contributed by atoms with Crippen molar-refractivity contribution < 1.29 is 4.74 Å². The van der Waals surface area contributed by atoms with E-state index in [1.54, 1.807) is 0 Å². The van der Waals surface area contributed by atoms with Gasteiger partial charge in [-0.2, -0.15) is 0 Å². The van der Waals surface area contributed by atoms with E-state index in [4.69, 9.17) is 10.5 Å². The number of ether oxygens (including phenoxy) is 1. The van der Waals surface area contributed by atoms with Crippen LogP contribution < -0.4 is 10.5 Å². The molecule has 0 amide bonds. The van der Waals surface area contributed by atoms with Crippen molar-refractivity contribution in [2.45, 2.75) is 51.5 Å². The Morgan fingerprint density at radius 1 is 1.39 bits per heavy atom. The highest BCUT2D eigenvalue weighted by Gasteiger charge is 2.33. The summed E-state index contributed by atoms with van der Waals surface area (Å²) in [5.41, 5.74) is 7.75. The zero-order valence-electron chi connectivity index (χ0n) is 11.6. The van der Waals surface area contributed by atoms with Crippen molar-refractivity contribution in [2.24, 2.45) is 11.7 Å². The molecule has 1 aromatic rings. The summed E-state index contributed by atoms with van der Waals surface area (Å²) < 4.78 is 5.58. The van der Waals surface area contributed by atoms with Gasteiger partial charge in [0.1, 0.15) is 5.75 Å². The first-order valence-corrected chi connectivity index (χ1v) is 7.20. The van der Waals surface area contributed by atoms with Gasteiger partial charge in [-0.15, -0.1) is 0 Å². The maximum absolute atomic E-state index is 6.66. The van der Waals surface area contributed by atoms with Gasteiger partial charge in [0.25, 0.3) is 0 Å². The molecule has 0 aromatic heterocycles. The zero-order chi connectivity index (χ0) is 13.0. The molecular weight excluding hydrogens is 222 g/mol. The zero-order valence-corrected chi connectivity index (χ0v) is 11.6. The minimum atomic E-state index is -0.147. The van der Waals surface area contributed by atoms with Crippen LogP contribution in [0.2, 0.25) is 0 Å². The van der Waals surface area contributed by atoms with Gasteiger partial charge in [0, 0.05) is 5.54 Å². The molecule has 2 rings (SSSR count). The summed E-state index contributed by atoms with van der Waals surface area (Å²) in [6.07, 6.45) is 6.02. The number of nitrogens with two attached hydrogens (primary N) is 1. The summed E-state index contributed by atoms with van der Waals surface area (Å²) in [7, 11) is 0. The van der Waals surface area contributed by atoms with Gasteiger partial charge in [0.2, 0.25) is 0 Å². The van der Waals surface area contributed by atoms with Crippen molar-refractivity contribution in [1.82, 2.24) is 0 Å². The molecule has 0 saturated heterocycles. The fourth-order valence-electron chi connectivity index (χ4n) is 3.10. The smallest absolute Gasteiger partial charge is 0.119 e. The lowest BCUT2D eigenvalue weighted by Gasteiger charge is -2.38. The number of benzene rings is 1. The summed E-state index contributed by atoms with van der Waals surface area (Å²) in [4.78, 5) is 0. The molecule has 2 heteroatoms. The lowest BCUT2D eigenvalue weighted by molar-refractivity contribution is 0.220. The van der Waals surface area contributed by atoms with E-state index >= 15 is 0 Å². The molecule has 1 aromatic carbocycles. The Balaban J connectivity index is 2.20. The van der Waals surface area contributed by atoms with Crippen LogP contribution >= 0.6 is 0 Å². The molecule has 0 bridgehead atoms. The van der Waals surface area contributed by atoms with E-state index in [0.29, 0.717) is 6.61 Å². The van der Waals surface area contributed by atoms with E-state index in [0.717, 1.165) is 24.5 Å². The van der Waals surface area contributed by atoms with Gasteiger partial charge >= 0.3 is 0 Å². The van der Waals surface area contributed by atoms with Crippen LogP contribution in [0.5, 0.6) is 5.75 Å². The topological polar surface area (TPSA) is 35.2 Å². The molecule has 18 heavy (non-hydrogen) atoms. The summed E-state index contributed by atoms with van der Waals surface area (Å²) >= 11 is 0. The Labute approximate surface area is 111 Å². The van der Waals surface area contributed by atoms with Crippen molar-refractivity contribution in [3.63, 3.8) is 0 Å². The van der Waals surface area contributed by atoms with Crippen LogP contribution in [0.4, 0.5) is 0 Å². The molecular formula is C16H25NO. The average molecular weight is 247 g/mol. The van der Waals surface area contributed by atoms with E-state index in [2.05, 4.69) is 25.1 Å². The third-order valence-corrected chi connectivity index (χ3v) is 4.19. The fourth-order valence-corrected chi connectivity index (χ4v) is 3.10. The molecule has 0 spiro atoms. The molecule has 2 N–H and O–H groups in total. The maximum atomic E-state index is 6.66. The van der Waals surface area contributed by atoms with Crippen molar-refractivity contribution in [2.75, 3.05) is 6.61 Å². The van der Waals surface area contributed by atoms with Crippen molar-refractivity contribution in [3.05, 3.63) is 29.8 Å². The molecule has 2 nitrogen and oxygen atoms in total. The lowest BCUT2D eigenvalue weighted by Crippen LogP contribution is -2.41. The molecule has 100 valence electrons. The highest BCUT2D eigenvalue weighted by molar-refractivity contribution is 5.33. The van der Waals surface area contributed by atoms with Crippen LogP contribution in [0.3, 0.4) is 0 Å². The minimum Gasteiger partial charge on any atom is -0.494 e. The highest BCUT2D eigenvalue weighted by atomic mass is 16.5. The molecule has 1 aliphatic rings. The Morgan fingerprint density at radius 2 is 2.22 bits per heavy atom. The van der Waals surface area contributed by atoms with Crippen LogP contribution in [-0.2, 0) is 5.54 Å². The Kier molecular flexibility index (Phi) is 4.28. The highest BCUT2D eigenvalue weighted by Crippen LogP contribution is 2.39. The molecule has 1 fully saturated rings. The summed E-state index contributed by atoms with van der Waals surface area (Å²) in [5, 5.41) is 0. The third-order valence-electron chi connectivity index (χ3n) is 4.19. The van der Waals surface area contributed by atoms with Crippen LogP contribution in [0.15, 0.2) is 24.3 Å². The number of rotatable bonds is 4. The van der Waals surface area contributed by atoms with E-state index in [-0.39, 0.29) is 5.54 Å². The first kappa shape index (κ1) is 13.4. The largest absolute Gasteiger partial charge is 0.494 e. The molecule has 1 aliphatic carbocycles. The van der Waals surface area contributed by atoms with Gasteiger partial charge in [0.05, 0.1) is 6.61 Å². The SMILES string of the molecule is CCOc1cccc(C2(N)CCCC(CC)C2)c1. The number of hydrogen-bond acceptors (Lipinski definition) is 2. The van der Waals surface area contributed by atoms with E-state index in [1.165, 1.54) is 24.8 Å². The second-order valence-corrected chi connectivity index (χ2v) is 5.49. The van der Waals surface area contributed by atoms with Crippen molar-refractivity contribution >= 4 is 0 Å². The van der Waals surface area contributed by atoms with Crippen LogP contribution in [0.1, 0.15) is 51.5 Å². The van der Waals surface area contributed by atoms with Gasteiger partial charge in [-0.3, -0.25) is 0 Å². The summed E-state index contributed by atoms with van der Waals surface area (Å²) in [6, 6.07) is 8.35.